The summed E-state index contributed by atoms with van der Waals surface area (Å²) < 4.78 is 0. The third-order valence-electron chi connectivity index (χ3n) is 4.45. The summed E-state index contributed by atoms with van der Waals surface area (Å²) in [4.78, 5) is 14.4. The zero-order chi connectivity index (χ0) is 17.5. The van der Waals surface area contributed by atoms with Crippen LogP contribution in [0.3, 0.4) is 0 Å². The molecule has 0 spiro atoms. The van der Waals surface area contributed by atoms with Crippen LogP contribution in [0.1, 0.15) is 35.7 Å². The van der Waals surface area contributed by atoms with E-state index in [4.69, 9.17) is 0 Å². The van der Waals surface area contributed by atoms with Crippen molar-refractivity contribution in [1.82, 2.24) is 15.5 Å². The Labute approximate surface area is 148 Å². The molecule has 0 saturated carbocycles. The molecule has 0 bridgehead atoms. The van der Waals surface area contributed by atoms with Crippen molar-refractivity contribution >= 4 is 17.4 Å². The fourth-order valence-electron chi connectivity index (χ4n) is 2.95. The maximum Gasteiger partial charge on any atom is 0.251 e. The smallest absolute Gasteiger partial charge is 0.251 e. The number of anilines is 2. The number of hydrogen-bond donors (Lipinski definition) is 2. The molecular weight excluding hydrogens is 314 g/mol. The fourth-order valence-corrected chi connectivity index (χ4v) is 2.95. The van der Waals surface area contributed by atoms with Crippen molar-refractivity contribution in [2.45, 2.75) is 26.2 Å². The zero-order valence-corrected chi connectivity index (χ0v) is 14.7. The standard InChI is InChI=1S/C19H25N5O/c1-2-15-5-7-16(8-6-15)19(25)21-10-9-20-18-13-17(14-22-23-18)24-11-3-4-12-24/h5-8,13-14H,2-4,9-12H2,1H3,(H,20,23)(H,21,25). The summed E-state index contributed by atoms with van der Waals surface area (Å²) >= 11 is 0. The van der Waals surface area contributed by atoms with Crippen LogP contribution in [0.15, 0.2) is 36.5 Å². The average Bonchev–Trinajstić information content (AvgIpc) is 3.20. The highest BCUT2D eigenvalue weighted by molar-refractivity contribution is 5.94. The Bertz CT molecular complexity index is 695. The second-order valence-electron chi connectivity index (χ2n) is 6.23. The lowest BCUT2D eigenvalue weighted by atomic mass is 10.1. The van der Waals surface area contributed by atoms with Gasteiger partial charge in [0.2, 0.25) is 0 Å². The topological polar surface area (TPSA) is 70.2 Å². The zero-order valence-electron chi connectivity index (χ0n) is 14.7. The van der Waals surface area contributed by atoms with Gasteiger partial charge in [-0.05, 0) is 37.0 Å². The number of carbonyl (C=O) groups excluding carboxylic acids is 1. The van der Waals surface area contributed by atoms with E-state index in [1.807, 2.05) is 30.3 Å². The molecular formula is C19H25N5O. The van der Waals surface area contributed by atoms with Crippen LogP contribution in [0, 0.1) is 0 Å². The summed E-state index contributed by atoms with van der Waals surface area (Å²) in [6, 6.07) is 9.74. The minimum absolute atomic E-state index is 0.0543. The predicted octanol–water partition coefficient (Wildman–Crippen LogP) is 2.48. The molecule has 3 rings (SSSR count). The highest BCUT2D eigenvalue weighted by Gasteiger charge is 2.13. The molecule has 25 heavy (non-hydrogen) atoms. The van der Waals surface area contributed by atoms with Crippen molar-refractivity contribution in [1.29, 1.82) is 0 Å². The van der Waals surface area contributed by atoms with Gasteiger partial charge in [0.05, 0.1) is 11.9 Å². The van der Waals surface area contributed by atoms with Crippen LogP contribution in [0.4, 0.5) is 11.5 Å². The summed E-state index contributed by atoms with van der Waals surface area (Å²) in [5.74, 6) is 0.687. The molecule has 1 aliphatic heterocycles. The summed E-state index contributed by atoms with van der Waals surface area (Å²) in [6.07, 6.45) is 5.24. The van der Waals surface area contributed by atoms with Crippen LogP contribution >= 0.6 is 0 Å². The van der Waals surface area contributed by atoms with E-state index in [0.717, 1.165) is 31.0 Å². The first-order valence-electron chi connectivity index (χ1n) is 8.95. The number of nitrogens with one attached hydrogen (secondary N) is 2. The first kappa shape index (κ1) is 17.2. The molecule has 6 heteroatoms. The molecule has 1 amide bonds. The Morgan fingerprint density at radius 2 is 1.92 bits per heavy atom. The van der Waals surface area contributed by atoms with E-state index >= 15 is 0 Å². The summed E-state index contributed by atoms with van der Waals surface area (Å²) in [5.41, 5.74) is 3.03. The van der Waals surface area contributed by atoms with Gasteiger partial charge < -0.3 is 15.5 Å². The number of hydrogen-bond acceptors (Lipinski definition) is 5. The fraction of sp³-hybridized carbons (Fsp3) is 0.421. The minimum Gasteiger partial charge on any atom is -0.370 e. The highest BCUT2D eigenvalue weighted by atomic mass is 16.1. The van der Waals surface area contributed by atoms with Gasteiger partial charge in [-0.25, -0.2) is 0 Å². The molecule has 0 aliphatic carbocycles. The van der Waals surface area contributed by atoms with E-state index in [1.165, 1.54) is 18.4 Å². The lowest BCUT2D eigenvalue weighted by molar-refractivity contribution is 0.0955. The van der Waals surface area contributed by atoms with Crippen molar-refractivity contribution in [3.8, 4) is 0 Å². The Balaban J connectivity index is 1.44. The first-order valence-corrected chi connectivity index (χ1v) is 8.95. The van der Waals surface area contributed by atoms with Gasteiger partial charge in [-0.3, -0.25) is 4.79 Å². The van der Waals surface area contributed by atoms with E-state index in [9.17, 15) is 4.79 Å². The molecule has 2 N–H and O–H groups in total. The third kappa shape index (κ3) is 4.68. The molecule has 1 aromatic heterocycles. The molecule has 1 aromatic carbocycles. The minimum atomic E-state index is -0.0543. The number of carbonyl (C=O) groups is 1. The van der Waals surface area contributed by atoms with Crippen molar-refractivity contribution in [2.75, 3.05) is 36.4 Å². The van der Waals surface area contributed by atoms with E-state index in [2.05, 4.69) is 32.7 Å². The van der Waals surface area contributed by atoms with Crippen LogP contribution in [0.25, 0.3) is 0 Å². The number of benzene rings is 1. The quantitative estimate of drug-likeness (QED) is 0.759. The Morgan fingerprint density at radius 3 is 2.64 bits per heavy atom. The van der Waals surface area contributed by atoms with Gasteiger partial charge >= 0.3 is 0 Å². The van der Waals surface area contributed by atoms with Gasteiger partial charge in [-0.2, -0.15) is 5.10 Å². The van der Waals surface area contributed by atoms with E-state index in [0.29, 0.717) is 18.7 Å². The molecule has 2 heterocycles. The van der Waals surface area contributed by atoms with Gasteiger partial charge in [0.1, 0.15) is 0 Å². The van der Waals surface area contributed by atoms with E-state index in [1.54, 1.807) is 6.20 Å². The van der Waals surface area contributed by atoms with Crippen LogP contribution < -0.4 is 15.5 Å². The molecule has 1 saturated heterocycles. The van der Waals surface area contributed by atoms with Crippen LogP contribution in [0.5, 0.6) is 0 Å². The Hall–Kier alpha value is -2.63. The number of aromatic nitrogens is 2. The second-order valence-corrected chi connectivity index (χ2v) is 6.23. The lowest BCUT2D eigenvalue weighted by Crippen LogP contribution is -2.29. The molecule has 2 aromatic rings. The monoisotopic (exact) mass is 339 g/mol. The van der Waals surface area contributed by atoms with Crippen LogP contribution in [0.2, 0.25) is 0 Å². The lowest BCUT2D eigenvalue weighted by Gasteiger charge is -2.17. The first-order chi connectivity index (χ1) is 12.3. The molecule has 1 fully saturated rings. The van der Waals surface area contributed by atoms with E-state index < -0.39 is 0 Å². The van der Waals surface area contributed by atoms with Gasteiger partial charge in [0.15, 0.2) is 5.82 Å². The van der Waals surface area contributed by atoms with Crippen molar-refractivity contribution in [2.24, 2.45) is 0 Å². The average molecular weight is 339 g/mol. The van der Waals surface area contributed by atoms with Gasteiger partial charge in [0, 0.05) is 37.8 Å². The molecule has 132 valence electrons. The molecule has 0 atom stereocenters. The molecule has 0 radical (unpaired) electrons. The van der Waals surface area contributed by atoms with Crippen molar-refractivity contribution in [3.05, 3.63) is 47.7 Å². The molecule has 1 aliphatic rings. The Morgan fingerprint density at radius 1 is 1.16 bits per heavy atom. The second kappa shape index (κ2) is 8.46. The van der Waals surface area contributed by atoms with E-state index in [-0.39, 0.29) is 5.91 Å². The van der Waals surface area contributed by atoms with Crippen LogP contribution in [-0.2, 0) is 6.42 Å². The van der Waals surface area contributed by atoms with Crippen molar-refractivity contribution < 1.29 is 4.79 Å². The SMILES string of the molecule is CCc1ccc(C(=O)NCCNc2cc(N3CCCC3)cnn2)cc1. The van der Waals surface area contributed by atoms with Crippen LogP contribution in [-0.4, -0.2) is 42.3 Å². The number of amides is 1. The van der Waals surface area contributed by atoms with Gasteiger partial charge in [-0.1, -0.05) is 19.1 Å². The maximum atomic E-state index is 12.1. The largest absolute Gasteiger partial charge is 0.370 e. The third-order valence-corrected chi connectivity index (χ3v) is 4.45. The van der Waals surface area contributed by atoms with Gasteiger partial charge in [-0.15, -0.1) is 5.10 Å². The Kier molecular flexibility index (Phi) is 5.82. The summed E-state index contributed by atoms with van der Waals surface area (Å²) in [6.45, 7) is 5.40. The highest BCUT2D eigenvalue weighted by Crippen LogP contribution is 2.20. The number of aryl methyl sites for hydroxylation is 1. The molecule has 6 nitrogen and oxygen atoms in total. The maximum absolute atomic E-state index is 12.1. The summed E-state index contributed by atoms with van der Waals surface area (Å²) in [5, 5.41) is 14.3. The normalized spacial score (nSPS) is 13.7. The molecule has 0 unspecified atom stereocenters. The summed E-state index contributed by atoms with van der Waals surface area (Å²) in [7, 11) is 0. The number of nitrogens with zero attached hydrogens (tertiary/aromatic N) is 3. The van der Waals surface area contributed by atoms with Gasteiger partial charge in [0.25, 0.3) is 5.91 Å². The van der Waals surface area contributed by atoms with Crippen molar-refractivity contribution in [3.63, 3.8) is 0 Å². The number of rotatable bonds is 7. The predicted molar refractivity (Wildman–Crippen MR) is 100 cm³/mol.